The molecule has 2 heterocycles. The van der Waals surface area contributed by atoms with Crippen LogP contribution in [0, 0.1) is 0 Å². The molecule has 110 valence electrons. The number of hydrogen-bond acceptors (Lipinski definition) is 3. The van der Waals surface area contributed by atoms with Gasteiger partial charge in [-0.15, -0.1) is 11.6 Å². The predicted octanol–water partition coefficient (Wildman–Crippen LogP) is 2.81. The van der Waals surface area contributed by atoms with Gasteiger partial charge in [0.2, 0.25) is 0 Å². The van der Waals surface area contributed by atoms with Crippen molar-refractivity contribution in [2.45, 2.75) is 50.6 Å². The fourth-order valence-electron chi connectivity index (χ4n) is 3.33. The molecular weight excluding hydrogens is 276 g/mol. The Morgan fingerprint density at radius 3 is 2.80 bits per heavy atom. The number of imidazole rings is 1. The van der Waals surface area contributed by atoms with E-state index in [0.717, 1.165) is 48.4 Å². The number of methoxy groups -OCH3 is 1. The van der Waals surface area contributed by atoms with Gasteiger partial charge in [-0.25, -0.2) is 4.98 Å². The number of hydrogen-bond donors (Lipinski definition) is 0. The number of aromatic nitrogens is 4. The van der Waals surface area contributed by atoms with E-state index in [-0.39, 0.29) is 0 Å². The predicted molar refractivity (Wildman–Crippen MR) is 79.1 cm³/mol. The summed E-state index contributed by atoms with van der Waals surface area (Å²) in [6, 6.07) is 0.416. The molecule has 5 nitrogen and oxygen atoms in total. The van der Waals surface area contributed by atoms with Crippen molar-refractivity contribution in [3.63, 3.8) is 0 Å². The zero-order chi connectivity index (χ0) is 14.3. The van der Waals surface area contributed by atoms with Crippen LogP contribution < -0.4 is 0 Å². The fraction of sp³-hybridized carbons (Fsp3) is 0.714. The molecule has 2 aromatic heterocycles. The van der Waals surface area contributed by atoms with Crippen LogP contribution in [0.3, 0.4) is 0 Å². The maximum Gasteiger partial charge on any atom is 0.158 e. The summed E-state index contributed by atoms with van der Waals surface area (Å²) >= 11 is 6.11. The summed E-state index contributed by atoms with van der Waals surface area (Å²) in [5, 5.41) is 4.57. The van der Waals surface area contributed by atoms with Gasteiger partial charge in [0.15, 0.2) is 5.65 Å². The Hall–Kier alpha value is -1.07. The van der Waals surface area contributed by atoms with Gasteiger partial charge < -0.3 is 9.30 Å². The Labute approximate surface area is 123 Å². The summed E-state index contributed by atoms with van der Waals surface area (Å²) in [7, 11) is 3.78. The normalized spacial score (nSPS) is 23.0. The van der Waals surface area contributed by atoms with Gasteiger partial charge in [0.05, 0.1) is 17.7 Å². The minimum Gasteiger partial charge on any atom is -0.381 e. The summed E-state index contributed by atoms with van der Waals surface area (Å²) in [5.41, 5.74) is 3.15. The van der Waals surface area contributed by atoms with Crippen molar-refractivity contribution in [2.75, 3.05) is 7.11 Å². The lowest BCUT2D eigenvalue weighted by molar-refractivity contribution is 0.106. The van der Waals surface area contributed by atoms with Gasteiger partial charge in [-0.1, -0.05) is 6.92 Å². The van der Waals surface area contributed by atoms with E-state index in [9.17, 15) is 0 Å². The smallest absolute Gasteiger partial charge is 0.158 e. The first-order valence-corrected chi connectivity index (χ1v) is 7.74. The number of fused-ring (bicyclic) bond motifs is 1. The van der Waals surface area contributed by atoms with Crippen LogP contribution in [0.1, 0.15) is 43.7 Å². The minimum atomic E-state index is 0.347. The molecule has 2 aromatic rings. The Kier molecular flexibility index (Phi) is 3.73. The van der Waals surface area contributed by atoms with E-state index in [2.05, 4.69) is 16.6 Å². The van der Waals surface area contributed by atoms with E-state index >= 15 is 0 Å². The van der Waals surface area contributed by atoms with E-state index in [1.54, 1.807) is 7.11 Å². The molecule has 1 aliphatic carbocycles. The first-order valence-electron chi connectivity index (χ1n) is 7.21. The molecular formula is C14H21ClN4O. The summed E-state index contributed by atoms with van der Waals surface area (Å²) in [6.07, 6.45) is 4.47. The maximum atomic E-state index is 6.11. The average Bonchev–Trinajstić information content (AvgIpc) is 3.13. The molecule has 1 saturated carbocycles. The van der Waals surface area contributed by atoms with E-state index in [0.29, 0.717) is 18.0 Å². The molecule has 1 fully saturated rings. The SMILES string of the molecule is CCc1nn(C)c2c1nc(CCl)n2C1CCC(OC)C1. The van der Waals surface area contributed by atoms with Crippen molar-refractivity contribution < 1.29 is 4.74 Å². The van der Waals surface area contributed by atoms with Crippen molar-refractivity contribution in [1.82, 2.24) is 19.3 Å². The lowest BCUT2D eigenvalue weighted by Crippen LogP contribution is -2.13. The molecule has 6 heteroatoms. The van der Waals surface area contributed by atoms with Crippen LogP contribution in [0.25, 0.3) is 11.2 Å². The number of nitrogens with zero attached hydrogens (tertiary/aromatic N) is 4. The third kappa shape index (κ3) is 2.04. The third-order valence-corrected chi connectivity index (χ3v) is 4.56. The van der Waals surface area contributed by atoms with Crippen molar-refractivity contribution in [3.05, 3.63) is 11.5 Å². The first-order chi connectivity index (χ1) is 9.69. The van der Waals surface area contributed by atoms with E-state index < -0.39 is 0 Å². The second-order valence-electron chi connectivity index (χ2n) is 5.45. The molecule has 0 bridgehead atoms. The molecule has 20 heavy (non-hydrogen) atoms. The lowest BCUT2D eigenvalue weighted by atomic mass is 10.2. The first kappa shape index (κ1) is 13.9. The van der Waals surface area contributed by atoms with Gasteiger partial charge >= 0.3 is 0 Å². The number of halogens is 1. The van der Waals surface area contributed by atoms with Gasteiger partial charge in [-0.05, 0) is 25.7 Å². The number of rotatable bonds is 4. The Morgan fingerprint density at radius 2 is 2.20 bits per heavy atom. The molecule has 0 radical (unpaired) electrons. The van der Waals surface area contributed by atoms with Crippen LogP contribution in [-0.2, 0) is 24.1 Å². The van der Waals surface area contributed by atoms with Crippen molar-refractivity contribution >= 4 is 22.8 Å². The van der Waals surface area contributed by atoms with Gasteiger partial charge in [0.1, 0.15) is 11.3 Å². The largest absolute Gasteiger partial charge is 0.381 e. The molecule has 0 amide bonds. The fourth-order valence-corrected chi connectivity index (χ4v) is 3.52. The number of aryl methyl sites for hydroxylation is 2. The van der Waals surface area contributed by atoms with Crippen molar-refractivity contribution in [1.29, 1.82) is 0 Å². The Bertz CT molecular complexity index is 618. The zero-order valence-corrected chi connectivity index (χ0v) is 13.0. The van der Waals surface area contributed by atoms with E-state index in [1.165, 1.54) is 0 Å². The van der Waals surface area contributed by atoms with Crippen molar-refractivity contribution in [3.8, 4) is 0 Å². The molecule has 0 aromatic carbocycles. The zero-order valence-electron chi connectivity index (χ0n) is 12.3. The summed E-state index contributed by atoms with van der Waals surface area (Å²) in [6.45, 7) is 2.11. The van der Waals surface area contributed by atoms with Gasteiger partial charge in [0.25, 0.3) is 0 Å². The van der Waals surface area contributed by atoms with Gasteiger partial charge in [-0.2, -0.15) is 5.10 Å². The Balaban J connectivity index is 2.11. The molecule has 0 spiro atoms. The highest BCUT2D eigenvalue weighted by Crippen LogP contribution is 2.36. The quantitative estimate of drug-likeness (QED) is 0.815. The van der Waals surface area contributed by atoms with Gasteiger partial charge in [0, 0.05) is 20.2 Å². The van der Waals surface area contributed by atoms with Crippen LogP contribution in [0.2, 0.25) is 0 Å². The standard InChI is InChI=1S/C14H21ClN4O/c1-4-11-13-14(18(2)17-11)19(12(8-15)16-13)9-5-6-10(7-9)20-3/h9-10H,4-8H2,1-3H3. The van der Waals surface area contributed by atoms with E-state index in [4.69, 9.17) is 21.3 Å². The molecule has 2 atom stereocenters. The van der Waals surface area contributed by atoms with Crippen molar-refractivity contribution in [2.24, 2.45) is 7.05 Å². The third-order valence-electron chi connectivity index (χ3n) is 4.32. The highest BCUT2D eigenvalue weighted by molar-refractivity contribution is 6.16. The van der Waals surface area contributed by atoms with Gasteiger partial charge in [-0.3, -0.25) is 4.68 Å². The highest BCUT2D eigenvalue weighted by atomic mass is 35.5. The molecule has 0 N–H and O–H groups in total. The summed E-state index contributed by atoms with van der Waals surface area (Å²) < 4.78 is 9.72. The molecule has 3 rings (SSSR count). The number of alkyl halides is 1. The molecule has 1 aliphatic rings. The van der Waals surface area contributed by atoms with E-state index in [1.807, 2.05) is 11.7 Å². The molecule has 0 saturated heterocycles. The monoisotopic (exact) mass is 296 g/mol. The molecule has 2 unspecified atom stereocenters. The summed E-state index contributed by atoms with van der Waals surface area (Å²) in [5.74, 6) is 1.39. The van der Waals surface area contributed by atoms with Crippen LogP contribution in [0.4, 0.5) is 0 Å². The maximum absolute atomic E-state index is 6.11. The Morgan fingerprint density at radius 1 is 1.40 bits per heavy atom. The van der Waals surface area contributed by atoms with Crippen LogP contribution in [0.15, 0.2) is 0 Å². The van der Waals surface area contributed by atoms with Crippen LogP contribution in [-0.4, -0.2) is 32.5 Å². The van der Waals surface area contributed by atoms with Crippen LogP contribution in [0.5, 0.6) is 0 Å². The summed E-state index contributed by atoms with van der Waals surface area (Å²) in [4.78, 5) is 4.73. The second kappa shape index (κ2) is 5.37. The topological polar surface area (TPSA) is 44.9 Å². The highest BCUT2D eigenvalue weighted by Gasteiger charge is 2.30. The lowest BCUT2D eigenvalue weighted by Gasteiger charge is -2.16. The number of ether oxygens (including phenoxy) is 1. The average molecular weight is 297 g/mol. The molecule has 0 aliphatic heterocycles. The van der Waals surface area contributed by atoms with Crippen LogP contribution >= 0.6 is 11.6 Å². The second-order valence-corrected chi connectivity index (χ2v) is 5.72. The minimum absolute atomic E-state index is 0.347.